The van der Waals surface area contributed by atoms with Crippen molar-refractivity contribution in [3.05, 3.63) is 272 Å². The van der Waals surface area contributed by atoms with Gasteiger partial charge in [0.15, 0.2) is 0 Å². The quantitative estimate of drug-likeness (QED) is 0.127. The van der Waals surface area contributed by atoms with Crippen LogP contribution in [-0.4, -0.2) is 22.6 Å². The summed E-state index contributed by atoms with van der Waals surface area (Å²) in [5.41, 5.74) is 17.7. The lowest BCUT2D eigenvalue weighted by molar-refractivity contribution is 0.487. The molecular formula is C72H41B2F4N5O. The number of halogens is 4. The van der Waals surface area contributed by atoms with Crippen LogP contribution in [0.25, 0.3) is 55.0 Å². The molecule has 0 spiro atoms. The molecule has 0 fully saturated rings. The third-order valence-corrected chi connectivity index (χ3v) is 17.6. The highest BCUT2D eigenvalue weighted by Gasteiger charge is 2.48. The first-order valence-corrected chi connectivity index (χ1v) is 28.1. The third-order valence-electron chi connectivity index (χ3n) is 17.6. The number of ether oxygens (including phenoxy) is 1. The fourth-order valence-corrected chi connectivity index (χ4v) is 14.5. The summed E-state index contributed by atoms with van der Waals surface area (Å²) in [5.74, 6) is -1.49. The molecule has 0 unspecified atom stereocenters. The first-order chi connectivity index (χ1) is 41.3. The van der Waals surface area contributed by atoms with Crippen molar-refractivity contribution in [2.75, 3.05) is 14.7 Å². The SMILES string of the molecule is Fc1cc(F)cc(N2c3ccccc3B3c4cc5c(cc4Oc4cc(-n6c7ccccc7c7ccccc76)cc2c43)N(c2ccccc2)c2cc(-n3c4ccccc4c4ccccc43)cc3c2B5c2ccccc2N3c2cc(F)cc(F)c2)c1. The van der Waals surface area contributed by atoms with Gasteiger partial charge in [0, 0.05) is 85.6 Å². The van der Waals surface area contributed by atoms with E-state index in [-0.39, 0.29) is 0 Å². The van der Waals surface area contributed by atoms with Crippen molar-refractivity contribution in [1.82, 2.24) is 9.13 Å². The van der Waals surface area contributed by atoms with Crippen LogP contribution in [0, 0.1) is 23.3 Å². The van der Waals surface area contributed by atoms with Crippen LogP contribution < -0.4 is 52.2 Å². The molecule has 0 amide bonds. The summed E-state index contributed by atoms with van der Waals surface area (Å²) in [5, 5.41) is 4.37. The number of aromatic nitrogens is 2. The molecule has 12 aromatic carbocycles. The lowest BCUT2D eigenvalue weighted by Crippen LogP contribution is -2.64. The zero-order valence-electron chi connectivity index (χ0n) is 44.5. The monoisotopic (exact) mass is 1090 g/mol. The number of rotatable bonds is 5. The summed E-state index contributed by atoms with van der Waals surface area (Å²) in [6, 6.07) is 80.7. The standard InChI is InChI=1S/C72H41B2F4N5O/c75-42-30-43(76)33-47(32-42)82-63-28-14-8-22-55(63)73-57-40-58-69(41-65(57)79(46-16-2-1-3-17-46)66-36-49(37-67(82)71(66)73)80-59-24-10-4-18-51(59)52-19-5-11-25-60(52)80)84-70-39-50(81-61-26-12-6-20-53(61)54-21-7-13-27-62(54)81)38-68-72(70)74(58)56-23-9-15-29-64(56)83(68)48-34-44(77)31-45(78)35-48/h1-41H. The summed E-state index contributed by atoms with van der Waals surface area (Å²) >= 11 is 0. The van der Waals surface area contributed by atoms with Crippen LogP contribution in [0.3, 0.4) is 0 Å². The van der Waals surface area contributed by atoms with Crippen LogP contribution in [0.15, 0.2) is 249 Å². The molecule has 2 aromatic heterocycles. The molecule has 0 aliphatic carbocycles. The molecule has 4 aliphatic rings. The summed E-state index contributed by atoms with van der Waals surface area (Å²) < 4.78 is 75.1. The van der Waals surface area contributed by atoms with Gasteiger partial charge in [0.05, 0.1) is 44.8 Å². The van der Waals surface area contributed by atoms with Crippen LogP contribution in [0.5, 0.6) is 11.5 Å². The minimum Gasteiger partial charge on any atom is -0.458 e. The first kappa shape index (κ1) is 47.0. The Morgan fingerprint density at radius 2 is 0.655 bits per heavy atom. The van der Waals surface area contributed by atoms with Crippen molar-refractivity contribution in [3.63, 3.8) is 0 Å². The number of anilines is 9. The van der Waals surface area contributed by atoms with Crippen molar-refractivity contribution in [2.45, 2.75) is 0 Å². The highest BCUT2D eigenvalue weighted by molar-refractivity contribution is 7.02. The van der Waals surface area contributed by atoms with Gasteiger partial charge in [-0.1, -0.05) is 133 Å². The lowest BCUT2D eigenvalue weighted by Gasteiger charge is -2.45. The summed E-state index contributed by atoms with van der Waals surface area (Å²) in [7, 11) is 0. The van der Waals surface area contributed by atoms with E-state index in [0.717, 1.165) is 140 Å². The number of fused-ring (bicyclic) bond motifs is 14. The van der Waals surface area contributed by atoms with Gasteiger partial charge in [-0.3, -0.25) is 0 Å². The van der Waals surface area contributed by atoms with Crippen molar-refractivity contribution in [3.8, 4) is 22.9 Å². The van der Waals surface area contributed by atoms with Crippen LogP contribution in [-0.2, 0) is 0 Å². The Morgan fingerprint density at radius 3 is 1.14 bits per heavy atom. The molecule has 14 aromatic rings. The number of nitrogens with zero attached hydrogens (tertiary/aromatic N) is 5. The van der Waals surface area contributed by atoms with E-state index in [1.807, 2.05) is 76.5 Å². The molecule has 0 saturated carbocycles. The minimum absolute atomic E-state index is 0.334. The van der Waals surface area contributed by atoms with Crippen molar-refractivity contribution in [1.29, 1.82) is 0 Å². The molecule has 12 heteroatoms. The maximum Gasteiger partial charge on any atom is 0.256 e. The fourth-order valence-electron chi connectivity index (χ4n) is 14.5. The predicted octanol–water partition coefficient (Wildman–Crippen LogP) is 14.9. The summed E-state index contributed by atoms with van der Waals surface area (Å²) in [6.45, 7) is -0.825. The molecule has 0 N–H and O–H groups in total. The van der Waals surface area contributed by atoms with E-state index in [0.29, 0.717) is 22.9 Å². The van der Waals surface area contributed by atoms with Crippen LogP contribution in [0.1, 0.15) is 0 Å². The predicted molar refractivity (Wildman–Crippen MR) is 335 cm³/mol. The van der Waals surface area contributed by atoms with E-state index in [1.54, 1.807) is 0 Å². The third kappa shape index (κ3) is 6.58. The van der Waals surface area contributed by atoms with Gasteiger partial charge in [0.1, 0.15) is 34.8 Å². The van der Waals surface area contributed by atoms with Gasteiger partial charge in [0.2, 0.25) is 0 Å². The Morgan fingerprint density at radius 1 is 0.262 bits per heavy atom. The van der Waals surface area contributed by atoms with E-state index in [1.165, 1.54) is 24.3 Å². The molecule has 0 saturated heterocycles. The molecule has 0 radical (unpaired) electrons. The van der Waals surface area contributed by atoms with Crippen LogP contribution in [0.4, 0.5) is 68.7 Å². The second-order valence-electron chi connectivity index (χ2n) is 22.1. The molecule has 4 aliphatic heterocycles. The molecular weight excluding hydrogens is 1050 g/mol. The average Bonchev–Trinajstić information content (AvgIpc) is 0.988. The molecule has 6 nitrogen and oxygen atoms in total. The van der Waals surface area contributed by atoms with E-state index in [9.17, 15) is 0 Å². The van der Waals surface area contributed by atoms with Crippen molar-refractivity contribution in [2.24, 2.45) is 0 Å². The molecule has 6 heterocycles. The van der Waals surface area contributed by atoms with Gasteiger partial charge >= 0.3 is 0 Å². The van der Waals surface area contributed by atoms with Crippen molar-refractivity contribution < 1.29 is 22.3 Å². The summed E-state index contributed by atoms with van der Waals surface area (Å²) in [4.78, 5) is 6.30. The first-order valence-electron chi connectivity index (χ1n) is 28.1. The molecule has 18 rings (SSSR count). The Hall–Kier alpha value is -10.7. The Kier molecular flexibility index (Phi) is 9.73. The van der Waals surface area contributed by atoms with Crippen molar-refractivity contribution >= 4 is 141 Å². The lowest BCUT2D eigenvalue weighted by atomic mass is 9.30. The number of hydrogen-bond donors (Lipinski definition) is 0. The second kappa shape index (κ2) is 17.4. The highest BCUT2D eigenvalue weighted by Crippen LogP contribution is 2.49. The van der Waals surface area contributed by atoms with Gasteiger partial charge < -0.3 is 28.6 Å². The number of para-hydroxylation sites is 7. The topological polar surface area (TPSA) is 28.8 Å². The minimum atomic E-state index is -0.691. The van der Waals surface area contributed by atoms with E-state index < -0.39 is 36.7 Å². The molecule has 394 valence electrons. The maximum absolute atomic E-state index is 15.8. The largest absolute Gasteiger partial charge is 0.458 e. The van der Waals surface area contributed by atoms with Crippen LogP contribution >= 0.6 is 0 Å². The van der Waals surface area contributed by atoms with Gasteiger partial charge in [0.25, 0.3) is 13.4 Å². The van der Waals surface area contributed by atoms with E-state index in [2.05, 4.69) is 160 Å². The second-order valence-corrected chi connectivity index (χ2v) is 22.1. The zero-order valence-corrected chi connectivity index (χ0v) is 44.5. The Labute approximate surface area is 479 Å². The molecule has 0 bridgehead atoms. The molecule has 0 atom stereocenters. The molecule has 84 heavy (non-hydrogen) atoms. The summed E-state index contributed by atoms with van der Waals surface area (Å²) in [6.07, 6.45) is 0. The van der Waals surface area contributed by atoms with Gasteiger partial charge in [-0.15, -0.1) is 0 Å². The Balaban J connectivity index is 0.940. The zero-order chi connectivity index (χ0) is 55.6. The van der Waals surface area contributed by atoms with E-state index >= 15 is 17.6 Å². The smallest absolute Gasteiger partial charge is 0.256 e. The van der Waals surface area contributed by atoms with Gasteiger partial charge in [-0.05, 0) is 124 Å². The maximum atomic E-state index is 15.8. The fraction of sp³-hybridized carbons (Fsp3) is 0. The average molecular weight is 1090 g/mol. The Bertz CT molecular complexity index is 5050. The van der Waals surface area contributed by atoms with Crippen LogP contribution in [0.2, 0.25) is 0 Å². The van der Waals surface area contributed by atoms with Gasteiger partial charge in [-0.25, -0.2) is 17.6 Å². The van der Waals surface area contributed by atoms with Gasteiger partial charge in [-0.2, -0.15) is 0 Å². The number of hydrogen-bond acceptors (Lipinski definition) is 4. The number of benzene rings is 12. The highest BCUT2D eigenvalue weighted by atomic mass is 19.1. The van der Waals surface area contributed by atoms with E-state index in [4.69, 9.17) is 4.74 Å². The normalized spacial score (nSPS) is 13.5.